The minimum Gasteiger partial charge on any atom is -0.464 e. The third kappa shape index (κ3) is 2.72. The van der Waals surface area contributed by atoms with Gasteiger partial charge in [-0.3, -0.25) is 9.59 Å². The van der Waals surface area contributed by atoms with Crippen LogP contribution in [0.4, 0.5) is 5.69 Å². The number of rotatable bonds is 4. The van der Waals surface area contributed by atoms with Crippen LogP contribution in [0.1, 0.15) is 25.0 Å². The van der Waals surface area contributed by atoms with Crippen LogP contribution in [-0.4, -0.2) is 18.5 Å². The zero-order valence-electron chi connectivity index (χ0n) is 13.3. The summed E-state index contributed by atoms with van der Waals surface area (Å²) in [7, 11) is 0. The molecule has 4 nitrogen and oxygen atoms in total. The fraction of sp³-hybridized carbons (Fsp3) is 0.263. The van der Waals surface area contributed by atoms with E-state index in [1.54, 1.807) is 4.90 Å². The maximum atomic E-state index is 13.0. The number of hydrogen-bond acceptors (Lipinski definition) is 3. The molecule has 0 bridgehead atoms. The van der Waals surface area contributed by atoms with Gasteiger partial charge in [0.25, 0.3) is 0 Å². The molecule has 23 heavy (non-hydrogen) atoms. The third-order valence-electron chi connectivity index (χ3n) is 4.25. The first-order valence-electron chi connectivity index (χ1n) is 7.61. The normalized spacial score (nSPS) is 19.6. The Labute approximate surface area is 135 Å². The van der Waals surface area contributed by atoms with E-state index < -0.39 is 5.41 Å². The van der Waals surface area contributed by atoms with Gasteiger partial charge >= 0.3 is 5.97 Å². The summed E-state index contributed by atoms with van der Waals surface area (Å²) in [5.41, 5.74) is 2.02. The predicted molar refractivity (Wildman–Crippen MR) is 88.1 cm³/mol. The lowest BCUT2D eigenvalue weighted by Crippen LogP contribution is -2.41. The number of anilines is 1. The SMILES string of the molecule is CC(=O)OC[C@]1(C)C(=O)N(Cc2ccccc2)c2ccccc21. The Morgan fingerprint density at radius 3 is 2.43 bits per heavy atom. The predicted octanol–water partition coefficient (Wildman–Crippen LogP) is 3.05. The van der Waals surface area contributed by atoms with E-state index in [1.165, 1.54) is 6.92 Å². The summed E-state index contributed by atoms with van der Waals surface area (Å²) in [5, 5.41) is 0. The van der Waals surface area contributed by atoms with Crippen molar-refractivity contribution in [3.63, 3.8) is 0 Å². The average Bonchev–Trinajstić information content (AvgIpc) is 2.77. The van der Waals surface area contributed by atoms with E-state index in [-0.39, 0.29) is 18.5 Å². The standard InChI is InChI=1S/C19H19NO3/c1-14(21)23-13-19(2)16-10-6-7-11-17(16)20(18(19)22)12-15-8-4-3-5-9-15/h3-11H,12-13H2,1-2H3/t19-/m0/s1. The van der Waals surface area contributed by atoms with Crippen molar-refractivity contribution in [2.24, 2.45) is 0 Å². The van der Waals surface area contributed by atoms with E-state index in [2.05, 4.69) is 0 Å². The second-order valence-corrected chi connectivity index (χ2v) is 6.01. The molecule has 0 saturated carbocycles. The highest BCUT2D eigenvalue weighted by molar-refractivity contribution is 6.08. The molecule has 0 N–H and O–H groups in total. The number of carbonyl (C=O) groups excluding carboxylic acids is 2. The quantitative estimate of drug-likeness (QED) is 0.816. The summed E-state index contributed by atoms with van der Waals surface area (Å²) in [4.78, 5) is 26.0. The molecule has 0 aromatic heterocycles. The molecule has 0 spiro atoms. The lowest BCUT2D eigenvalue weighted by molar-refractivity contribution is -0.144. The second-order valence-electron chi connectivity index (χ2n) is 6.01. The van der Waals surface area contributed by atoms with E-state index >= 15 is 0 Å². The van der Waals surface area contributed by atoms with E-state index in [9.17, 15) is 9.59 Å². The van der Waals surface area contributed by atoms with Gasteiger partial charge in [0.05, 0.1) is 6.54 Å². The van der Waals surface area contributed by atoms with Gasteiger partial charge in [0.15, 0.2) is 0 Å². The van der Waals surface area contributed by atoms with Crippen molar-refractivity contribution >= 4 is 17.6 Å². The van der Waals surface area contributed by atoms with Crippen LogP contribution >= 0.6 is 0 Å². The first kappa shape index (κ1) is 15.3. The lowest BCUT2D eigenvalue weighted by atomic mass is 9.85. The Balaban J connectivity index is 1.96. The second kappa shape index (κ2) is 5.88. The van der Waals surface area contributed by atoms with Crippen molar-refractivity contribution in [2.45, 2.75) is 25.8 Å². The molecule has 0 saturated heterocycles. The van der Waals surface area contributed by atoms with Gasteiger partial charge in [-0.05, 0) is 24.1 Å². The van der Waals surface area contributed by atoms with Gasteiger partial charge in [0.1, 0.15) is 12.0 Å². The van der Waals surface area contributed by atoms with Crippen LogP contribution in [0.3, 0.4) is 0 Å². The maximum Gasteiger partial charge on any atom is 0.302 e. The number of benzene rings is 2. The number of hydrogen-bond donors (Lipinski definition) is 0. The Bertz CT molecular complexity index is 741. The Kier molecular flexibility index (Phi) is 3.90. The van der Waals surface area contributed by atoms with Crippen LogP contribution in [-0.2, 0) is 26.3 Å². The molecule has 0 radical (unpaired) electrons. The molecular formula is C19H19NO3. The number of fused-ring (bicyclic) bond motifs is 1. The highest BCUT2D eigenvalue weighted by Crippen LogP contribution is 2.42. The molecule has 118 valence electrons. The molecule has 1 heterocycles. The number of para-hydroxylation sites is 1. The van der Waals surface area contributed by atoms with Crippen LogP contribution in [0.15, 0.2) is 54.6 Å². The average molecular weight is 309 g/mol. The molecule has 1 atom stereocenters. The fourth-order valence-electron chi connectivity index (χ4n) is 3.01. The van der Waals surface area contributed by atoms with Crippen LogP contribution in [0, 0.1) is 0 Å². The molecule has 2 aromatic rings. The fourth-order valence-corrected chi connectivity index (χ4v) is 3.01. The number of ether oxygens (including phenoxy) is 1. The van der Waals surface area contributed by atoms with Crippen LogP contribution in [0.25, 0.3) is 0 Å². The molecule has 3 rings (SSSR count). The van der Waals surface area contributed by atoms with Crippen molar-refractivity contribution in [1.29, 1.82) is 0 Å². The summed E-state index contributed by atoms with van der Waals surface area (Å²) in [5.74, 6) is -0.415. The summed E-state index contributed by atoms with van der Waals surface area (Å²) < 4.78 is 5.17. The first-order chi connectivity index (χ1) is 11.0. The molecule has 0 fully saturated rings. The van der Waals surface area contributed by atoms with Crippen molar-refractivity contribution in [3.8, 4) is 0 Å². The number of carbonyl (C=O) groups is 2. The zero-order chi connectivity index (χ0) is 16.4. The minimum absolute atomic E-state index is 0.0381. The van der Waals surface area contributed by atoms with Gasteiger partial charge in [-0.2, -0.15) is 0 Å². The van der Waals surface area contributed by atoms with Crippen molar-refractivity contribution in [1.82, 2.24) is 0 Å². The topological polar surface area (TPSA) is 46.6 Å². The zero-order valence-corrected chi connectivity index (χ0v) is 13.3. The molecular weight excluding hydrogens is 290 g/mol. The summed E-state index contributed by atoms with van der Waals surface area (Å²) in [6.07, 6.45) is 0. The molecule has 0 aliphatic carbocycles. The van der Waals surface area contributed by atoms with E-state index in [0.29, 0.717) is 6.54 Å². The summed E-state index contributed by atoms with van der Waals surface area (Å²) >= 11 is 0. The van der Waals surface area contributed by atoms with Gasteiger partial charge in [0, 0.05) is 12.6 Å². The summed E-state index contributed by atoms with van der Waals surface area (Å²) in [6, 6.07) is 17.6. The van der Waals surface area contributed by atoms with Crippen LogP contribution < -0.4 is 4.90 Å². The van der Waals surface area contributed by atoms with Crippen molar-refractivity contribution < 1.29 is 14.3 Å². The van der Waals surface area contributed by atoms with E-state index in [1.807, 2.05) is 61.5 Å². The van der Waals surface area contributed by atoms with E-state index in [4.69, 9.17) is 4.74 Å². The summed E-state index contributed by atoms with van der Waals surface area (Å²) in [6.45, 7) is 3.76. The van der Waals surface area contributed by atoms with Crippen LogP contribution in [0.5, 0.6) is 0 Å². The number of nitrogens with zero attached hydrogens (tertiary/aromatic N) is 1. The van der Waals surface area contributed by atoms with Gasteiger partial charge < -0.3 is 9.64 Å². The Morgan fingerprint density at radius 1 is 1.09 bits per heavy atom. The monoisotopic (exact) mass is 309 g/mol. The highest BCUT2D eigenvalue weighted by atomic mass is 16.5. The van der Waals surface area contributed by atoms with Gasteiger partial charge in [-0.25, -0.2) is 0 Å². The van der Waals surface area contributed by atoms with Crippen molar-refractivity contribution in [3.05, 3.63) is 65.7 Å². The van der Waals surface area contributed by atoms with Crippen LogP contribution in [0.2, 0.25) is 0 Å². The molecule has 4 heteroatoms. The maximum absolute atomic E-state index is 13.0. The van der Waals surface area contributed by atoms with E-state index in [0.717, 1.165) is 16.8 Å². The first-order valence-corrected chi connectivity index (χ1v) is 7.61. The number of amides is 1. The van der Waals surface area contributed by atoms with Gasteiger partial charge in [-0.15, -0.1) is 0 Å². The molecule has 2 aromatic carbocycles. The Hall–Kier alpha value is -2.62. The smallest absolute Gasteiger partial charge is 0.302 e. The highest BCUT2D eigenvalue weighted by Gasteiger charge is 2.48. The lowest BCUT2D eigenvalue weighted by Gasteiger charge is -2.24. The molecule has 0 unspecified atom stereocenters. The molecule has 1 aliphatic rings. The largest absolute Gasteiger partial charge is 0.464 e. The third-order valence-corrected chi connectivity index (χ3v) is 4.25. The van der Waals surface area contributed by atoms with Gasteiger partial charge in [0.2, 0.25) is 5.91 Å². The number of esters is 1. The van der Waals surface area contributed by atoms with Gasteiger partial charge in [-0.1, -0.05) is 48.5 Å². The molecule has 1 aliphatic heterocycles. The molecule has 1 amide bonds. The van der Waals surface area contributed by atoms with Crippen molar-refractivity contribution in [2.75, 3.05) is 11.5 Å². The minimum atomic E-state index is -0.836. The Morgan fingerprint density at radius 2 is 1.74 bits per heavy atom.